The molecule has 0 fully saturated rings. The van der Waals surface area contributed by atoms with Gasteiger partial charge in [-0.1, -0.05) is 98.5 Å². The first kappa shape index (κ1) is 15.3. The minimum absolute atomic E-state index is 0.499. The molecule has 0 aliphatic rings. The Morgan fingerprint density at radius 3 is 2.36 bits per heavy atom. The van der Waals surface area contributed by atoms with Crippen molar-refractivity contribution in [3.63, 3.8) is 0 Å². The lowest BCUT2D eigenvalue weighted by molar-refractivity contribution is 0.843. The first-order valence-electron chi connectivity index (χ1n) is 7.45. The van der Waals surface area contributed by atoms with E-state index in [-0.39, 0.29) is 0 Å². The van der Waals surface area contributed by atoms with E-state index in [1.165, 1.54) is 21.2 Å². The lowest BCUT2D eigenvalue weighted by Gasteiger charge is -2.13. The third-order valence-corrected chi connectivity index (χ3v) is 5.22. The van der Waals surface area contributed by atoms with Crippen LogP contribution in [0, 0.1) is 0 Å². The summed E-state index contributed by atoms with van der Waals surface area (Å²) in [6.45, 7) is 4.45. The molecule has 0 unspecified atom stereocenters. The molecule has 0 bridgehead atoms. The van der Waals surface area contributed by atoms with E-state index in [2.05, 4.69) is 80.6 Å². The van der Waals surface area contributed by atoms with Crippen LogP contribution in [0.4, 0.5) is 0 Å². The highest BCUT2D eigenvalue weighted by molar-refractivity contribution is 8.23. The van der Waals surface area contributed by atoms with Crippen molar-refractivity contribution in [2.75, 3.05) is 0 Å². The van der Waals surface area contributed by atoms with Crippen LogP contribution in [0.3, 0.4) is 0 Å². The van der Waals surface area contributed by atoms with Gasteiger partial charge in [-0.25, -0.2) is 0 Å². The standard InChI is InChI=1S/C20H18S2/c1-14(2)16-10-5-6-13-19(16)22-20(21)18-12-7-9-15-8-3-4-11-17(15)18/h3-14H,1-2H3. The van der Waals surface area contributed by atoms with Gasteiger partial charge in [0.2, 0.25) is 0 Å². The number of hydrogen-bond acceptors (Lipinski definition) is 2. The normalized spacial score (nSPS) is 11.0. The smallest absolute Gasteiger partial charge is 0.0774 e. The van der Waals surface area contributed by atoms with Gasteiger partial charge in [-0.15, -0.1) is 0 Å². The number of rotatable bonds is 3. The molecular weight excluding hydrogens is 304 g/mol. The third-order valence-electron chi connectivity index (χ3n) is 3.75. The average Bonchev–Trinajstić information content (AvgIpc) is 2.54. The molecule has 0 heterocycles. The summed E-state index contributed by atoms with van der Waals surface area (Å²) in [5, 5.41) is 2.46. The van der Waals surface area contributed by atoms with Crippen LogP contribution < -0.4 is 0 Å². The van der Waals surface area contributed by atoms with E-state index in [1.807, 2.05) is 0 Å². The van der Waals surface area contributed by atoms with Gasteiger partial charge < -0.3 is 0 Å². The highest BCUT2D eigenvalue weighted by atomic mass is 32.2. The summed E-state index contributed by atoms with van der Waals surface area (Å²) in [4.78, 5) is 1.26. The summed E-state index contributed by atoms with van der Waals surface area (Å²) < 4.78 is 0.935. The molecule has 22 heavy (non-hydrogen) atoms. The maximum Gasteiger partial charge on any atom is 0.0832 e. The first-order chi connectivity index (χ1) is 10.7. The lowest BCUT2D eigenvalue weighted by atomic mass is 10.0. The monoisotopic (exact) mass is 322 g/mol. The van der Waals surface area contributed by atoms with Gasteiger partial charge in [-0.05, 0) is 28.3 Å². The molecule has 0 spiro atoms. The summed E-state index contributed by atoms with van der Waals surface area (Å²) >= 11 is 7.44. The Balaban J connectivity index is 1.98. The van der Waals surface area contributed by atoms with Crippen LogP contribution in [0.25, 0.3) is 10.8 Å². The summed E-state index contributed by atoms with van der Waals surface area (Å²) in [6.07, 6.45) is 0. The second kappa shape index (κ2) is 6.64. The van der Waals surface area contributed by atoms with Crippen molar-refractivity contribution in [3.8, 4) is 0 Å². The van der Waals surface area contributed by atoms with E-state index in [0.717, 1.165) is 9.76 Å². The maximum absolute atomic E-state index is 5.74. The molecule has 0 nitrogen and oxygen atoms in total. The van der Waals surface area contributed by atoms with Gasteiger partial charge in [0.25, 0.3) is 0 Å². The molecule has 0 aliphatic carbocycles. The molecule has 0 amide bonds. The molecule has 3 aromatic carbocycles. The maximum atomic E-state index is 5.74. The van der Waals surface area contributed by atoms with Crippen LogP contribution >= 0.6 is 24.0 Å². The van der Waals surface area contributed by atoms with Crippen LogP contribution in [0.1, 0.15) is 30.9 Å². The average molecular weight is 322 g/mol. The Morgan fingerprint density at radius 1 is 0.864 bits per heavy atom. The fraction of sp³-hybridized carbons (Fsp3) is 0.150. The van der Waals surface area contributed by atoms with E-state index in [0.29, 0.717) is 5.92 Å². The molecule has 0 aromatic heterocycles. The van der Waals surface area contributed by atoms with Crippen molar-refractivity contribution in [1.29, 1.82) is 0 Å². The number of thioether (sulfide) groups is 1. The van der Waals surface area contributed by atoms with Crippen LogP contribution in [0.5, 0.6) is 0 Å². The van der Waals surface area contributed by atoms with E-state index >= 15 is 0 Å². The van der Waals surface area contributed by atoms with Crippen molar-refractivity contribution in [2.45, 2.75) is 24.7 Å². The molecule has 2 heteroatoms. The topological polar surface area (TPSA) is 0 Å². The summed E-state index contributed by atoms with van der Waals surface area (Å²) in [5.74, 6) is 0.499. The van der Waals surface area contributed by atoms with Gasteiger partial charge in [0.1, 0.15) is 0 Å². The van der Waals surface area contributed by atoms with E-state index in [4.69, 9.17) is 12.2 Å². The molecule has 0 saturated carbocycles. The molecule has 0 atom stereocenters. The van der Waals surface area contributed by atoms with Gasteiger partial charge in [0.15, 0.2) is 0 Å². The fourth-order valence-electron chi connectivity index (χ4n) is 2.61. The van der Waals surface area contributed by atoms with Crippen molar-refractivity contribution >= 4 is 38.9 Å². The quantitative estimate of drug-likeness (QED) is 0.402. The first-order valence-corrected chi connectivity index (χ1v) is 8.68. The zero-order valence-electron chi connectivity index (χ0n) is 12.7. The highest BCUT2D eigenvalue weighted by Crippen LogP contribution is 2.33. The predicted octanol–water partition coefficient (Wildman–Crippen LogP) is 6.43. The van der Waals surface area contributed by atoms with Crippen molar-refractivity contribution < 1.29 is 0 Å². The largest absolute Gasteiger partial charge is 0.0832 e. The molecule has 0 N–H and O–H groups in total. The Bertz CT molecular complexity index is 813. The van der Waals surface area contributed by atoms with Gasteiger partial charge >= 0.3 is 0 Å². The molecular formula is C20H18S2. The summed E-state index contributed by atoms with van der Waals surface area (Å²) in [6, 6.07) is 23.3. The van der Waals surface area contributed by atoms with Gasteiger partial charge in [-0.2, -0.15) is 0 Å². The molecule has 3 aromatic rings. The van der Waals surface area contributed by atoms with Gasteiger partial charge in [-0.3, -0.25) is 0 Å². The van der Waals surface area contributed by atoms with Gasteiger partial charge in [0.05, 0.1) is 4.20 Å². The summed E-state index contributed by atoms with van der Waals surface area (Å²) in [5.41, 5.74) is 2.51. The Kier molecular flexibility index (Phi) is 4.60. The van der Waals surface area contributed by atoms with Crippen LogP contribution in [-0.2, 0) is 0 Å². The molecule has 3 rings (SSSR count). The van der Waals surface area contributed by atoms with Crippen LogP contribution in [-0.4, -0.2) is 4.20 Å². The number of hydrogen-bond donors (Lipinski definition) is 0. The Morgan fingerprint density at radius 2 is 1.55 bits per heavy atom. The molecule has 110 valence electrons. The van der Waals surface area contributed by atoms with Crippen molar-refractivity contribution in [3.05, 3.63) is 77.9 Å². The molecule has 0 saturated heterocycles. The fourth-order valence-corrected chi connectivity index (χ4v) is 4.11. The zero-order chi connectivity index (χ0) is 15.5. The Hall–Kier alpha value is -1.64. The number of thiocarbonyl (C=S) groups is 1. The number of benzene rings is 3. The third kappa shape index (κ3) is 3.08. The van der Waals surface area contributed by atoms with Crippen molar-refractivity contribution in [1.82, 2.24) is 0 Å². The van der Waals surface area contributed by atoms with Crippen molar-refractivity contribution in [2.24, 2.45) is 0 Å². The van der Waals surface area contributed by atoms with Crippen LogP contribution in [0.15, 0.2) is 71.6 Å². The van der Waals surface area contributed by atoms with E-state index < -0.39 is 0 Å². The van der Waals surface area contributed by atoms with Gasteiger partial charge in [0, 0.05) is 10.5 Å². The number of fused-ring (bicyclic) bond motifs is 1. The zero-order valence-corrected chi connectivity index (χ0v) is 14.4. The second-order valence-electron chi connectivity index (χ2n) is 5.61. The molecule has 0 aliphatic heterocycles. The Labute approximate surface area is 141 Å². The highest BCUT2D eigenvalue weighted by Gasteiger charge is 2.12. The summed E-state index contributed by atoms with van der Waals surface area (Å²) in [7, 11) is 0. The minimum atomic E-state index is 0.499. The van der Waals surface area contributed by atoms with E-state index in [1.54, 1.807) is 11.8 Å². The van der Waals surface area contributed by atoms with E-state index in [9.17, 15) is 0 Å². The van der Waals surface area contributed by atoms with Crippen LogP contribution in [0.2, 0.25) is 0 Å². The predicted molar refractivity (Wildman–Crippen MR) is 102 cm³/mol. The lowest BCUT2D eigenvalue weighted by Crippen LogP contribution is -1.96. The second-order valence-corrected chi connectivity index (χ2v) is 7.33. The minimum Gasteiger partial charge on any atom is -0.0774 e. The molecule has 0 radical (unpaired) electrons. The SMILES string of the molecule is CC(C)c1ccccc1SC(=S)c1cccc2ccccc12.